The monoisotopic (exact) mass is 274 g/mol. The number of carbonyl (C=O) groups is 1. The zero-order valence-electron chi connectivity index (χ0n) is 11.0. The number of amides is 1. The minimum atomic E-state index is -0.0308. The summed E-state index contributed by atoms with van der Waals surface area (Å²) in [5.74, 6) is 5.69. The van der Waals surface area contributed by atoms with Crippen LogP contribution in [0.15, 0.2) is 24.3 Å². The fraction of sp³-hybridized carbons (Fsp3) is 0.400. The zero-order chi connectivity index (χ0) is 13.7. The van der Waals surface area contributed by atoms with Crippen molar-refractivity contribution in [3.05, 3.63) is 35.4 Å². The maximum atomic E-state index is 12.1. The molecule has 0 bridgehead atoms. The summed E-state index contributed by atoms with van der Waals surface area (Å²) >= 11 is 1.84. The predicted molar refractivity (Wildman–Crippen MR) is 80.2 cm³/mol. The molecule has 19 heavy (non-hydrogen) atoms. The van der Waals surface area contributed by atoms with Gasteiger partial charge >= 0.3 is 0 Å². The van der Waals surface area contributed by atoms with Crippen LogP contribution in [-0.2, 0) is 0 Å². The van der Waals surface area contributed by atoms with Gasteiger partial charge < -0.3 is 11.1 Å². The van der Waals surface area contributed by atoms with Crippen LogP contribution >= 0.6 is 11.8 Å². The Bertz CT molecular complexity index is 526. The van der Waals surface area contributed by atoms with Crippen molar-refractivity contribution in [2.45, 2.75) is 17.6 Å². The van der Waals surface area contributed by atoms with Gasteiger partial charge in [-0.05, 0) is 37.3 Å². The van der Waals surface area contributed by atoms with Crippen molar-refractivity contribution in [3.8, 4) is 11.8 Å². The summed E-state index contributed by atoms with van der Waals surface area (Å²) in [4.78, 5) is 12.1. The Kier molecular flexibility index (Phi) is 4.52. The van der Waals surface area contributed by atoms with Gasteiger partial charge in [0.25, 0.3) is 5.91 Å². The van der Waals surface area contributed by atoms with Crippen LogP contribution in [0.1, 0.15) is 28.8 Å². The Balaban J connectivity index is 1.98. The van der Waals surface area contributed by atoms with Gasteiger partial charge in [0, 0.05) is 22.4 Å². The van der Waals surface area contributed by atoms with E-state index in [9.17, 15) is 4.79 Å². The first kappa shape index (κ1) is 14.0. The van der Waals surface area contributed by atoms with Crippen LogP contribution in [0.4, 0.5) is 0 Å². The highest BCUT2D eigenvalue weighted by atomic mass is 32.2. The quantitative estimate of drug-likeness (QED) is 0.820. The summed E-state index contributed by atoms with van der Waals surface area (Å²) in [5.41, 5.74) is 6.81. The smallest absolute Gasteiger partial charge is 0.251 e. The molecule has 1 aliphatic carbocycles. The fourth-order valence-corrected chi connectivity index (χ4v) is 2.55. The Morgan fingerprint density at radius 1 is 1.53 bits per heavy atom. The van der Waals surface area contributed by atoms with Crippen LogP contribution in [0, 0.1) is 11.8 Å². The van der Waals surface area contributed by atoms with E-state index in [0.29, 0.717) is 12.1 Å². The molecule has 0 spiro atoms. The third-order valence-corrected chi connectivity index (χ3v) is 4.69. The second kappa shape index (κ2) is 6.14. The van der Waals surface area contributed by atoms with Crippen molar-refractivity contribution in [2.24, 2.45) is 5.73 Å². The van der Waals surface area contributed by atoms with Gasteiger partial charge in [-0.15, -0.1) is 0 Å². The van der Waals surface area contributed by atoms with Gasteiger partial charge in [0.1, 0.15) is 0 Å². The van der Waals surface area contributed by atoms with Crippen molar-refractivity contribution < 1.29 is 4.79 Å². The van der Waals surface area contributed by atoms with Crippen LogP contribution in [0.5, 0.6) is 0 Å². The molecule has 1 fully saturated rings. The van der Waals surface area contributed by atoms with E-state index < -0.39 is 0 Å². The number of nitrogens with two attached hydrogens (primary N) is 1. The average Bonchev–Trinajstić information content (AvgIpc) is 3.23. The highest BCUT2D eigenvalue weighted by molar-refractivity contribution is 8.00. The van der Waals surface area contributed by atoms with Gasteiger partial charge in [0.2, 0.25) is 0 Å². The molecule has 1 aromatic carbocycles. The van der Waals surface area contributed by atoms with E-state index in [-0.39, 0.29) is 10.7 Å². The second-order valence-corrected chi connectivity index (χ2v) is 5.93. The lowest BCUT2D eigenvalue weighted by atomic mass is 10.1. The molecule has 0 radical (unpaired) electrons. The van der Waals surface area contributed by atoms with Gasteiger partial charge in [-0.1, -0.05) is 17.9 Å². The molecular formula is C15H18N2OS. The summed E-state index contributed by atoms with van der Waals surface area (Å²) in [7, 11) is 0. The summed E-state index contributed by atoms with van der Waals surface area (Å²) in [6.07, 6.45) is 4.48. The summed E-state index contributed by atoms with van der Waals surface area (Å²) in [6, 6.07) is 7.33. The van der Waals surface area contributed by atoms with Gasteiger partial charge in [0.15, 0.2) is 0 Å². The standard InChI is InChI=1S/C15H18N2OS/c1-19-15(7-8-15)11-17-14(18)13-6-2-4-12(10-13)5-3-9-16/h2,4,6,10H,7-9,11,16H2,1H3,(H,17,18). The summed E-state index contributed by atoms with van der Waals surface area (Å²) < 4.78 is 0.284. The lowest BCUT2D eigenvalue weighted by Crippen LogP contribution is -2.31. The summed E-state index contributed by atoms with van der Waals surface area (Å²) in [6.45, 7) is 1.07. The summed E-state index contributed by atoms with van der Waals surface area (Å²) in [5, 5.41) is 3.00. The molecular weight excluding hydrogens is 256 g/mol. The maximum Gasteiger partial charge on any atom is 0.251 e. The minimum Gasteiger partial charge on any atom is -0.351 e. The fourth-order valence-electron chi connectivity index (χ4n) is 1.83. The molecule has 2 rings (SSSR count). The first-order valence-electron chi connectivity index (χ1n) is 6.31. The number of benzene rings is 1. The van der Waals surface area contributed by atoms with E-state index in [1.54, 1.807) is 6.07 Å². The molecule has 100 valence electrons. The molecule has 4 heteroatoms. The second-order valence-electron chi connectivity index (χ2n) is 4.66. The molecule has 0 atom stereocenters. The van der Waals surface area contributed by atoms with Crippen LogP contribution in [0.3, 0.4) is 0 Å². The van der Waals surface area contributed by atoms with E-state index in [4.69, 9.17) is 5.73 Å². The predicted octanol–water partition coefficient (Wildman–Crippen LogP) is 1.62. The Labute approximate surface area is 118 Å². The highest BCUT2D eigenvalue weighted by Crippen LogP contribution is 2.46. The van der Waals surface area contributed by atoms with Crippen molar-refractivity contribution in [2.75, 3.05) is 19.3 Å². The Morgan fingerprint density at radius 2 is 2.32 bits per heavy atom. The third kappa shape index (κ3) is 3.76. The average molecular weight is 274 g/mol. The van der Waals surface area contributed by atoms with Gasteiger partial charge in [0.05, 0.1) is 6.54 Å². The highest BCUT2D eigenvalue weighted by Gasteiger charge is 2.41. The molecule has 1 aromatic rings. The molecule has 0 saturated heterocycles. The molecule has 0 unspecified atom stereocenters. The first-order chi connectivity index (χ1) is 9.19. The molecule has 3 nitrogen and oxygen atoms in total. The number of hydrogen-bond donors (Lipinski definition) is 2. The molecule has 1 amide bonds. The maximum absolute atomic E-state index is 12.1. The van der Waals surface area contributed by atoms with E-state index >= 15 is 0 Å². The minimum absolute atomic E-state index is 0.0308. The first-order valence-corrected chi connectivity index (χ1v) is 7.54. The van der Waals surface area contributed by atoms with Crippen molar-refractivity contribution in [1.29, 1.82) is 0 Å². The Hall–Kier alpha value is -1.44. The normalized spacial score (nSPS) is 15.3. The SMILES string of the molecule is CSC1(CNC(=O)c2cccc(C#CCN)c2)CC1. The van der Waals surface area contributed by atoms with Gasteiger partial charge in [-0.2, -0.15) is 11.8 Å². The van der Waals surface area contributed by atoms with E-state index in [2.05, 4.69) is 23.4 Å². The zero-order valence-corrected chi connectivity index (χ0v) is 11.8. The topological polar surface area (TPSA) is 55.1 Å². The Morgan fingerprint density at radius 3 is 2.95 bits per heavy atom. The number of hydrogen-bond acceptors (Lipinski definition) is 3. The van der Waals surface area contributed by atoms with Crippen molar-refractivity contribution in [1.82, 2.24) is 5.32 Å². The van der Waals surface area contributed by atoms with Crippen LogP contribution in [0.2, 0.25) is 0 Å². The number of thioether (sulfide) groups is 1. The van der Waals surface area contributed by atoms with Crippen LogP contribution in [0.25, 0.3) is 0 Å². The van der Waals surface area contributed by atoms with Crippen LogP contribution < -0.4 is 11.1 Å². The van der Waals surface area contributed by atoms with Crippen molar-refractivity contribution >= 4 is 17.7 Å². The van der Waals surface area contributed by atoms with Gasteiger partial charge in [-0.3, -0.25) is 4.79 Å². The lowest BCUT2D eigenvalue weighted by Gasteiger charge is -2.13. The lowest BCUT2D eigenvalue weighted by molar-refractivity contribution is 0.0953. The third-order valence-electron chi connectivity index (χ3n) is 3.27. The number of rotatable bonds is 4. The molecule has 0 heterocycles. The number of carbonyl (C=O) groups excluding carboxylic acids is 1. The molecule has 1 aliphatic rings. The van der Waals surface area contributed by atoms with E-state index in [1.165, 1.54) is 12.8 Å². The van der Waals surface area contributed by atoms with E-state index in [0.717, 1.165) is 12.1 Å². The van der Waals surface area contributed by atoms with Crippen LogP contribution in [-0.4, -0.2) is 30.0 Å². The molecule has 0 aliphatic heterocycles. The molecule has 0 aromatic heterocycles. The molecule has 3 N–H and O–H groups in total. The largest absolute Gasteiger partial charge is 0.351 e. The number of nitrogens with one attached hydrogen (secondary N) is 1. The van der Waals surface area contributed by atoms with Crippen molar-refractivity contribution in [3.63, 3.8) is 0 Å². The molecule has 1 saturated carbocycles. The van der Waals surface area contributed by atoms with Gasteiger partial charge in [-0.25, -0.2) is 0 Å². The van der Waals surface area contributed by atoms with E-state index in [1.807, 2.05) is 30.0 Å².